The standard InChI is InChI=1S/C16H20BrClN2O/c17-13-11-12(1-2-14(13)18)15(21)20-9-5-16(6-10-20)3-7-19-8-4-16/h1-2,11,19H,3-10H2. The molecule has 0 bridgehead atoms. The second kappa shape index (κ2) is 6.27. The SMILES string of the molecule is O=C(c1ccc(Cl)c(Br)c1)N1CCC2(CCNCC2)CC1. The van der Waals surface area contributed by atoms with Crippen LogP contribution in [0.1, 0.15) is 36.0 Å². The molecule has 2 fully saturated rings. The Bertz CT molecular complexity index is 533. The van der Waals surface area contributed by atoms with Crippen molar-refractivity contribution in [2.45, 2.75) is 25.7 Å². The lowest BCUT2D eigenvalue weighted by Crippen LogP contribution is -2.47. The van der Waals surface area contributed by atoms with E-state index in [1.54, 1.807) is 6.07 Å². The molecule has 0 radical (unpaired) electrons. The predicted molar refractivity (Wildman–Crippen MR) is 88.8 cm³/mol. The fraction of sp³-hybridized carbons (Fsp3) is 0.562. The third kappa shape index (κ3) is 3.27. The van der Waals surface area contributed by atoms with Gasteiger partial charge in [-0.3, -0.25) is 4.79 Å². The van der Waals surface area contributed by atoms with Gasteiger partial charge in [-0.1, -0.05) is 11.6 Å². The lowest BCUT2D eigenvalue weighted by atomic mass is 9.71. The Balaban J connectivity index is 1.65. The number of nitrogens with zero attached hydrogens (tertiary/aromatic N) is 1. The minimum absolute atomic E-state index is 0.121. The molecule has 5 heteroatoms. The Hall–Kier alpha value is -0.580. The number of amides is 1. The molecule has 21 heavy (non-hydrogen) atoms. The monoisotopic (exact) mass is 370 g/mol. The van der Waals surface area contributed by atoms with Crippen LogP contribution in [0.15, 0.2) is 22.7 Å². The molecule has 1 aromatic rings. The molecule has 3 rings (SSSR count). The second-order valence-electron chi connectivity index (χ2n) is 6.17. The van der Waals surface area contributed by atoms with Gasteiger partial charge in [-0.05, 0) is 78.3 Å². The van der Waals surface area contributed by atoms with E-state index in [0.717, 1.165) is 43.5 Å². The highest BCUT2D eigenvalue weighted by Crippen LogP contribution is 2.39. The fourth-order valence-corrected chi connectivity index (χ4v) is 3.95. The molecule has 114 valence electrons. The molecule has 1 aromatic carbocycles. The molecule has 0 aromatic heterocycles. The Labute approximate surface area is 139 Å². The maximum atomic E-state index is 12.6. The summed E-state index contributed by atoms with van der Waals surface area (Å²) in [5, 5.41) is 4.07. The van der Waals surface area contributed by atoms with Crippen LogP contribution >= 0.6 is 27.5 Å². The van der Waals surface area contributed by atoms with Crippen molar-refractivity contribution in [2.24, 2.45) is 5.41 Å². The number of carbonyl (C=O) groups excluding carboxylic acids is 1. The zero-order valence-electron chi connectivity index (χ0n) is 12.0. The van der Waals surface area contributed by atoms with Gasteiger partial charge in [0.05, 0.1) is 5.02 Å². The number of piperidine rings is 2. The first-order valence-electron chi connectivity index (χ1n) is 7.55. The van der Waals surface area contributed by atoms with Gasteiger partial charge in [0.1, 0.15) is 0 Å². The molecule has 2 aliphatic heterocycles. The summed E-state index contributed by atoms with van der Waals surface area (Å²) in [6, 6.07) is 5.40. The summed E-state index contributed by atoms with van der Waals surface area (Å²) >= 11 is 9.38. The van der Waals surface area contributed by atoms with Crippen molar-refractivity contribution in [3.05, 3.63) is 33.3 Å². The van der Waals surface area contributed by atoms with E-state index < -0.39 is 0 Å². The van der Waals surface area contributed by atoms with Crippen molar-refractivity contribution >= 4 is 33.4 Å². The smallest absolute Gasteiger partial charge is 0.253 e. The summed E-state index contributed by atoms with van der Waals surface area (Å²) < 4.78 is 0.779. The largest absolute Gasteiger partial charge is 0.339 e. The van der Waals surface area contributed by atoms with Gasteiger partial charge in [-0.15, -0.1) is 0 Å². The van der Waals surface area contributed by atoms with Crippen LogP contribution in [0.25, 0.3) is 0 Å². The van der Waals surface area contributed by atoms with Crippen LogP contribution in [0.3, 0.4) is 0 Å². The Morgan fingerprint density at radius 3 is 2.48 bits per heavy atom. The third-order valence-electron chi connectivity index (χ3n) is 4.94. The van der Waals surface area contributed by atoms with Crippen LogP contribution in [0.5, 0.6) is 0 Å². The summed E-state index contributed by atoms with van der Waals surface area (Å²) in [5.74, 6) is 0.121. The van der Waals surface area contributed by atoms with Crippen LogP contribution < -0.4 is 5.32 Å². The quantitative estimate of drug-likeness (QED) is 0.816. The molecule has 0 unspecified atom stereocenters. The van der Waals surface area contributed by atoms with E-state index in [2.05, 4.69) is 21.2 Å². The number of benzene rings is 1. The average Bonchev–Trinajstić information content (AvgIpc) is 2.51. The number of hydrogen-bond donors (Lipinski definition) is 1. The minimum Gasteiger partial charge on any atom is -0.339 e. The van der Waals surface area contributed by atoms with E-state index in [1.165, 1.54) is 12.8 Å². The molecule has 3 nitrogen and oxygen atoms in total. The van der Waals surface area contributed by atoms with Crippen molar-refractivity contribution in [2.75, 3.05) is 26.2 Å². The molecule has 1 spiro atoms. The highest BCUT2D eigenvalue weighted by molar-refractivity contribution is 9.10. The topological polar surface area (TPSA) is 32.3 Å². The van der Waals surface area contributed by atoms with Gasteiger partial charge < -0.3 is 10.2 Å². The number of halogens is 2. The maximum Gasteiger partial charge on any atom is 0.253 e. The van der Waals surface area contributed by atoms with Crippen LogP contribution in [-0.4, -0.2) is 37.0 Å². The summed E-state index contributed by atoms with van der Waals surface area (Å²) in [6.45, 7) is 3.99. The lowest BCUT2D eigenvalue weighted by molar-refractivity contribution is 0.0495. The molecule has 1 amide bonds. The van der Waals surface area contributed by atoms with E-state index >= 15 is 0 Å². The minimum atomic E-state index is 0.121. The highest BCUT2D eigenvalue weighted by Gasteiger charge is 2.36. The summed E-state index contributed by atoms with van der Waals surface area (Å²) in [7, 11) is 0. The first kappa shape index (κ1) is 15.3. The summed E-state index contributed by atoms with van der Waals surface area (Å²) in [6.07, 6.45) is 4.77. The average molecular weight is 372 g/mol. The van der Waals surface area contributed by atoms with Crippen LogP contribution in [0.2, 0.25) is 5.02 Å². The maximum absolute atomic E-state index is 12.6. The fourth-order valence-electron chi connectivity index (χ4n) is 3.45. The van der Waals surface area contributed by atoms with Gasteiger partial charge in [0, 0.05) is 23.1 Å². The first-order chi connectivity index (χ1) is 10.1. The molecular weight excluding hydrogens is 352 g/mol. The van der Waals surface area contributed by atoms with Crippen LogP contribution in [-0.2, 0) is 0 Å². The highest BCUT2D eigenvalue weighted by atomic mass is 79.9. The van der Waals surface area contributed by atoms with Gasteiger partial charge >= 0.3 is 0 Å². The van der Waals surface area contributed by atoms with E-state index in [9.17, 15) is 4.79 Å². The molecule has 0 aliphatic carbocycles. The van der Waals surface area contributed by atoms with Crippen molar-refractivity contribution in [1.82, 2.24) is 10.2 Å². The molecule has 2 aliphatic rings. The zero-order chi connectivity index (χ0) is 14.9. The molecular formula is C16H20BrClN2O. The molecule has 1 N–H and O–H groups in total. The van der Waals surface area contributed by atoms with E-state index in [-0.39, 0.29) is 5.91 Å². The molecule has 0 atom stereocenters. The van der Waals surface area contributed by atoms with E-state index in [1.807, 2.05) is 17.0 Å². The molecule has 0 saturated carbocycles. The Morgan fingerprint density at radius 2 is 1.86 bits per heavy atom. The normalized spacial score (nSPS) is 21.5. The zero-order valence-corrected chi connectivity index (χ0v) is 14.3. The van der Waals surface area contributed by atoms with Crippen molar-refractivity contribution in [3.8, 4) is 0 Å². The number of carbonyl (C=O) groups is 1. The summed E-state index contributed by atoms with van der Waals surface area (Å²) in [5.41, 5.74) is 1.19. The van der Waals surface area contributed by atoms with Crippen molar-refractivity contribution < 1.29 is 4.79 Å². The number of rotatable bonds is 1. The van der Waals surface area contributed by atoms with Gasteiger partial charge in [0.25, 0.3) is 5.91 Å². The number of nitrogens with one attached hydrogen (secondary N) is 1. The van der Waals surface area contributed by atoms with Crippen LogP contribution in [0.4, 0.5) is 0 Å². The van der Waals surface area contributed by atoms with Crippen molar-refractivity contribution in [3.63, 3.8) is 0 Å². The number of hydrogen-bond acceptors (Lipinski definition) is 2. The van der Waals surface area contributed by atoms with Gasteiger partial charge in [0.2, 0.25) is 0 Å². The molecule has 2 saturated heterocycles. The molecule has 2 heterocycles. The third-order valence-corrected chi connectivity index (χ3v) is 6.16. The van der Waals surface area contributed by atoms with Crippen LogP contribution in [0, 0.1) is 5.41 Å². The van der Waals surface area contributed by atoms with E-state index in [0.29, 0.717) is 16.0 Å². The predicted octanol–water partition coefficient (Wildman–Crippen LogP) is 3.71. The van der Waals surface area contributed by atoms with Gasteiger partial charge in [-0.2, -0.15) is 0 Å². The Morgan fingerprint density at radius 1 is 1.19 bits per heavy atom. The van der Waals surface area contributed by atoms with Gasteiger partial charge in [0.15, 0.2) is 0 Å². The number of likely N-dealkylation sites (tertiary alicyclic amines) is 1. The van der Waals surface area contributed by atoms with E-state index in [4.69, 9.17) is 11.6 Å². The van der Waals surface area contributed by atoms with Crippen molar-refractivity contribution in [1.29, 1.82) is 0 Å². The van der Waals surface area contributed by atoms with Gasteiger partial charge in [-0.25, -0.2) is 0 Å². The Kier molecular flexibility index (Phi) is 4.57. The summed E-state index contributed by atoms with van der Waals surface area (Å²) in [4.78, 5) is 14.6. The second-order valence-corrected chi connectivity index (χ2v) is 7.43. The first-order valence-corrected chi connectivity index (χ1v) is 8.72. The lowest BCUT2D eigenvalue weighted by Gasteiger charge is -2.44.